The molecule has 1 aromatic carbocycles. The standard InChI is InChI=1S/C16H12Cl2O4/c17-14(18)6-11-8-16(20,21)7-10-5-13(22-15(10)11)9-1-3-12(19)4-2-9/h1-7,19-21H,8H2. The molecule has 0 unspecified atom stereocenters. The van der Waals surface area contributed by atoms with E-state index < -0.39 is 5.79 Å². The van der Waals surface area contributed by atoms with Gasteiger partial charge in [0.1, 0.15) is 21.4 Å². The van der Waals surface area contributed by atoms with Crippen molar-refractivity contribution in [3.8, 4) is 17.1 Å². The van der Waals surface area contributed by atoms with E-state index in [0.717, 1.165) is 5.56 Å². The second-order valence-electron chi connectivity index (χ2n) is 5.10. The van der Waals surface area contributed by atoms with Crippen LogP contribution in [-0.2, 0) is 0 Å². The van der Waals surface area contributed by atoms with Crippen molar-refractivity contribution >= 4 is 34.9 Å². The van der Waals surface area contributed by atoms with Gasteiger partial charge >= 0.3 is 0 Å². The number of phenols is 1. The zero-order valence-electron chi connectivity index (χ0n) is 11.3. The molecule has 0 spiro atoms. The Hall–Kier alpha value is -1.72. The predicted octanol–water partition coefficient (Wildman–Crippen LogP) is 1.99. The smallest absolute Gasteiger partial charge is 0.187 e. The molecule has 3 N–H and O–H groups in total. The minimum absolute atomic E-state index is 0.00114. The fourth-order valence-corrected chi connectivity index (χ4v) is 2.70. The summed E-state index contributed by atoms with van der Waals surface area (Å²) in [7, 11) is 0. The Balaban J connectivity index is 2.23. The maximum atomic E-state index is 9.91. The van der Waals surface area contributed by atoms with Crippen molar-refractivity contribution in [3.05, 3.63) is 51.5 Å². The number of fused-ring (bicyclic) bond motifs is 1. The van der Waals surface area contributed by atoms with Crippen LogP contribution >= 0.6 is 23.2 Å². The molecule has 0 fully saturated rings. The van der Waals surface area contributed by atoms with Crippen molar-refractivity contribution in [2.75, 3.05) is 0 Å². The molecule has 114 valence electrons. The molecule has 0 aliphatic heterocycles. The summed E-state index contributed by atoms with van der Waals surface area (Å²) >= 11 is 11.3. The molecule has 0 radical (unpaired) electrons. The number of aliphatic hydroxyl groups is 2. The summed E-state index contributed by atoms with van der Waals surface area (Å²) in [5, 5.41) is 29.7. The highest BCUT2D eigenvalue weighted by Crippen LogP contribution is 2.25. The molecule has 1 aliphatic carbocycles. The van der Waals surface area contributed by atoms with Gasteiger partial charge in [0.05, 0.1) is 0 Å². The fourth-order valence-electron chi connectivity index (χ4n) is 2.44. The Morgan fingerprint density at radius 3 is 2.50 bits per heavy atom. The van der Waals surface area contributed by atoms with E-state index >= 15 is 0 Å². The van der Waals surface area contributed by atoms with Crippen molar-refractivity contribution in [2.45, 2.75) is 12.2 Å². The summed E-state index contributed by atoms with van der Waals surface area (Å²) in [6.45, 7) is 0. The largest absolute Gasteiger partial charge is 0.508 e. The zero-order chi connectivity index (χ0) is 15.9. The molecule has 3 rings (SSSR count). The lowest BCUT2D eigenvalue weighted by molar-refractivity contribution is -0.0985. The minimum Gasteiger partial charge on any atom is -0.508 e. The molecule has 0 bridgehead atoms. The van der Waals surface area contributed by atoms with Gasteiger partial charge in [0.2, 0.25) is 0 Å². The van der Waals surface area contributed by atoms with Crippen LogP contribution in [0.2, 0.25) is 0 Å². The number of allylic oxidation sites excluding steroid dienone is 1. The van der Waals surface area contributed by atoms with Crippen molar-refractivity contribution in [1.29, 1.82) is 0 Å². The molecule has 4 nitrogen and oxygen atoms in total. The Bertz CT molecular complexity index is 857. The molecule has 0 atom stereocenters. The van der Waals surface area contributed by atoms with Gasteiger partial charge < -0.3 is 19.7 Å². The predicted molar refractivity (Wildman–Crippen MR) is 84.5 cm³/mol. The first-order valence-corrected chi connectivity index (χ1v) is 7.22. The molecule has 0 amide bonds. The number of aromatic hydroxyl groups is 1. The van der Waals surface area contributed by atoms with E-state index in [9.17, 15) is 15.3 Å². The number of rotatable bonds is 2. The summed E-state index contributed by atoms with van der Waals surface area (Å²) < 4.78 is 5.81. The van der Waals surface area contributed by atoms with Crippen molar-refractivity contribution in [2.24, 2.45) is 0 Å². The van der Waals surface area contributed by atoms with Crippen molar-refractivity contribution in [3.63, 3.8) is 0 Å². The summed E-state index contributed by atoms with van der Waals surface area (Å²) in [5.41, 5.74) is 1.73. The number of benzene rings is 1. The van der Waals surface area contributed by atoms with Gasteiger partial charge in [-0.05, 0) is 42.5 Å². The zero-order valence-corrected chi connectivity index (χ0v) is 12.8. The average Bonchev–Trinajstić information content (AvgIpc) is 2.81. The highest BCUT2D eigenvalue weighted by molar-refractivity contribution is 6.56. The fraction of sp³-hybridized carbons (Fsp3) is 0.125. The summed E-state index contributed by atoms with van der Waals surface area (Å²) in [6.07, 6.45) is 2.67. The molecule has 1 aliphatic rings. The van der Waals surface area contributed by atoms with E-state index in [1.165, 1.54) is 12.2 Å². The second kappa shape index (κ2) is 5.48. The van der Waals surface area contributed by atoms with Crippen LogP contribution in [-0.4, -0.2) is 21.1 Å². The monoisotopic (exact) mass is 338 g/mol. The van der Waals surface area contributed by atoms with Gasteiger partial charge in [-0.15, -0.1) is 0 Å². The van der Waals surface area contributed by atoms with Gasteiger partial charge in [0, 0.05) is 22.8 Å². The lowest BCUT2D eigenvalue weighted by atomic mass is 9.99. The Labute approximate surface area is 135 Å². The average molecular weight is 339 g/mol. The van der Waals surface area contributed by atoms with E-state index in [1.54, 1.807) is 30.3 Å². The Morgan fingerprint density at radius 2 is 1.86 bits per heavy atom. The van der Waals surface area contributed by atoms with Gasteiger partial charge in [0.15, 0.2) is 5.79 Å². The highest BCUT2D eigenvalue weighted by Gasteiger charge is 2.26. The van der Waals surface area contributed by atoms with Crippen LogP contribution < -0.4 is 10.6 Å². The number of hydrogen-bond donors (Lipinski definition) is 3. The number of halogens is 2. The minimum atomic E-state index is -1.99. The molecular weight excluding hydrogens is 327 g/mol. The van der Waals surface area contributed by atoms with Crippen LogP contribution in [0.1, 0.15) is 6.42 Å². The van der Waals surface area contributed by atoms with Crippen LogP contribution in [0.3, 0.4) is 0 Å². The van der Waals surface area contributed by atoms with E-state index in [2.05, 4.69) is 0 Å². The van der Waals surface area contributed by atoms with Gasteiger partial charge in [-0.3, -0.25) is 0 Å². The van der Waals surface area contributed by atoms with E-state index in [0.29, 0.717) is 22.0 Å². The van der Waals surface area contributed by atoms with E-state index in [-0.39, 0.29) is 16.7 Å². The third-order valence-electron chi connectivity index (χ3n) is 3.32. The van der Waals surface area contributed by atoms with E-state index in [4.69, 9.17) is 27.6 Å². The molecule has 1 heterocycles. The normalized spacial score (nSPS) is 15.9. The van der Waals surface area contributed by atoms with Gasteiger partial charge in [-0.25, -0.2) is 0 Å². The van der Waals surface area contributed by atoms with Gasteiger partial charge in [-0.1, -0.05) is 23.2 Å². The van der Waals surface area contributed by atoms with Crippen LogP contribution in [0.15, 0.2) is 45.3 Å². The third-order valence-corrected chi connectivity index (χ3v) is 3.54. The maximum Gasteiger partial charge on any atom is 0.187 e. The molecule has 1 aromatic heterocycles. The second-order valence-corrected chi connectivity index (χ2v) is 6.11. The quantitative estimate of drug-likeness (QED) is 0.732. The SMILES string of the molecule is Oc1ccc(-c2cc3c(o2)=C(C=C(Cl)Cl)CC(O)(O)C=3)cc1. The molecule has 6 heteroatoms. The van der Waals surface area contributed by atoms with Crippen LogP contribution in [0.25, 0.3) is 23.0 Å². The third kappa shape index (κ3) is 3.05. The number of phenolic OH excluding ortho intramolecular Hbond substituents is 1. The summed E-state index contributed by atoms with van der Waals surface area (Å²) in [4.78, 5) is 0. The molecule has 2 aromatic rings. The first-order chi connectivity index (χ1) is 10.3. The van der Waals surface area contributed by atoms with Crippen LogP contribution in [0.5, 0.6) is 5.75 Å². The first kappa shape index (κ1) is 15.2. The summed E-state index contributed by atoms with van der Waals surface area (Å²) in [6, 6.07) is 8.19. The van der Waals surface area contributed by atoms with Crippen LogP contribution in [0, 0.1) is 0 Å². The molecule has 22 heavy (non-hydrogen) atoms. The van der Waals surface area contributed by atoms with Gasteiger partial charge in [0.25, 0.3) is 0 Å². The highest BCUT2D eigenvalue weighted by atomic mass is 35.5. The molecule has 0 saturated carbocycles. The Kier molecular flexibility index (Phi) is 3.78. The Morgan fingerprint density at radius 1 is 1.18 bits per heavy atom. The molecule has 0 saturated heterocycles. The number of hydrogen-bond acceptors (Lipinski definition) is 4. The first-order valence-electron chi connectivity index (χ1n) is 6.47. The maximum absolute atomic E-state index is 9.91. The van der Waals surface area contributed by atoms with Crippen molar-refractivity contribution < 1.29 is 19.7 Å². The van der Waals surface area contributed by atoms with Crippen molar-refractivity contribution in [1.82, 2.24) is 0 Å². The number of furan rings is 1. The lowest BCUT2D eigenvalue weighted by Crippen LogP contribution is -2.38. The molecular formula is C16H12Cl2O4. The van der Waals surface area contributed by atoms with Gasteiger partial charge in [-0.2, -0.15) is 0 Å². The topological polar surface area (TPSA) is 73.8 Å². The summed E-state index contributed by atoms with van der Waals surface area (Å²) in [5.74, 6) is -1.30. The van der Waals surface area contributed by atoms with E-state index in [1.807, 2.05) is 0 Å². The van der Waals surface area contributed by atoms with Crippen LogP contribution in [0.4, 0.5) is 0 Å². The lowest BCUT2D eigenvalue weighted by Gasteiger charge is -2.19.